The van der Waals surface area contributed by atoms with E-state index in [0.29, 0.717) is 18.7 Å². The molecule has 3 nitrogen and oxygen atoms in total. The van der Waals surface area contributed by atoms with Crippen molar-refractivity contribution in [1.29, 1.82) is 0 Å². The largest absolute Gasteiger partial charge is 0.380 e. The van der Waals surface area contributed by atoms with E-state index in [4.69, 9.17) is 10.5 Å². The first kappa shape index (κ1) is 13.5. The molecule has 1 aliphatic heterocycles. The van der Waals surface area contributed by atoms with Crippen molar-refractivity contribution in [1.82, 2.24) is 4.90 Å². The molecule has 1 aromatic rings. The summed E-state index contributed by atoms with van der Waals surface area (Å²) in [5.41, 5.74) is 8.81. The number of methoxy groups -OCH3 is 1. The van der Waals surface area contributed by atoms with E-state index in [-0.39, 0.29) is 0 Å². The van der Waals surface area contributed by atoms with E-state index in [1.54, 1.807) is 7.11 Å². The quantitative estimate of drug-likeness (QED) is 0.866. The van der Waals surface area contributed by atoms with Crippen molar-refractivity contribution < 1.29 is 4.74 Å². The molecule has 0 radical (unpaired) electrons. The highest BCUT2D eigenvalue weighted by molar-refractivity contribution is 5.30. The zero-order chi connectivity index (χ0) is 13.0. The first-order valence-electron chi connectivity index (χ1n) is 6.84. The number of benzene rings is 1. The van der Waals surface area contributed by atoms with E-state index in [1.807, 2.05) is 0 Å². The average molecular weight is 248 g/mol. The molecule has 0 amide bonds. The third kappa shape index (κ3) is 2.74. The fraction of sp³-hybridized carbons (Fsp3) is 0.600. The van der Waals surface area contributed by atoms with Gasteiger partial charge in [-0.2, -0.15) is 0 Å². The van der Waals surface area contributed by atoms with Gasteiger partial charge in [-0.1, -0.05) is 31.2 Å². The monoisotopic (exact) mass is 248 g/mol. The Balaban J connectivity index is 2.18. The SMILES string of the molecule is CCc1ccccc1C(CN)N1CCC(OC)C1. The van der Waals surface area contributed by atoms with Crippen LogP contribution in [0.15, 0.2) is 24.3 Å². The van der Waals surface area contributed by atoms with Crippen LogP contribution in [0.2, 0.25) is 0 Å². The Bertz CT molecular complexity index is 381. The van der Waals surface area contributed by atoms with Gasteiger partial charge in [-0.05, 0) is 24.0 Å². The van der Waals surface area contributed by atoms with Crippen LogP contribution in [-0.4, -0.2) is 37.7 Å². The summed E-state index contributed by atoms with van der Waals surface area (Å²) >= 11 is 0. The zero-order valence-corrected chi connectivity index (χ0v) is 11.4. The smallest absolute Gasteiger partial charge is 0.0710 e. The van der Waals surface area contributed by atoms with Crippen LogP contribution < -0.4 is 5.73 Å². The summed E-state index contributed by atoms with van der Waals surface area (Å²) in [6.45, 7) is 4.95. The first-order chi connectivity index (χ1) is 8.80. The minimum Gasteiger partial charge on any atom is -0.380 e. The predicted molar refractivity (Wildman–Crippen MR) is 74.6 cm³/mol. The summed E-state index contributed by atoms with van der Waals surface area (Å²) in [4.78, 5) is 2.46. The van der Waals surface area contributed by atoms with Crippen molar-refractivity contribution in [2.24, 2.45) is 5.73 Å². The standard InChI is InChI=1S/C15H24N2O/c1-3-12-6-4-5-7-14(12)15(10-16)17-9-8-13(11-17)18-2/h4-7,13,15H,3,8-11,16H2,1-2H3. The molecule has 0 aliphatic carbocycles. The average Bonchev–Trinajstić information content (AvgIpc) is 2.89. The highest BCUT2D eigenvalue weighted by atomic mass is 16.5. The van der Waals surface area contributed by atoms with Gasteiger partial charge >= 0.3 is 0 Å². The number of aryl methyl sites for hydroxylation is 1. The molecule has 0 spiro atoms. The minimum absolute atomic E-state index is 0.335. The maximum absolute atomic E-state index is 6.01. The summed E-state index contributed by atoms with van der Waals surface area (Å²) in [7, 11) is 1.80. The molecule has 3 heteroatoms. The predicted octanol–water partition coefficient (Wildman–Crippen LogP) is 1.97. The summed E-state index contributed by atoms with van der Waals surface area (Å²) in [6, 6.07) is 8.98. The van der Waals surface area contributed by atoms with E-state index >= 15 is 0 Å². The molecule has 18 heavy (non-hydrogen) atoms. The van der Waals surface area contributed by atoms with Crippen molar-refractivity contribution in [3.8, 4) is 0 Å². The summed E-state index contributed by atoms with van der Waals surface area (Å²) in [5.74, 6) is 0. The van der Waals surface area contributed by atoms with Gasteiger partial charge in [0.15, 0.2) is 0 Å². The number of nitrogens with two attached hydrogens (primary N) is 1. The second-order valence-electron chi connectivity index (χ2n) is 4.95. The van der Waals surface area contributed by atoms with Crippen molar-refractivity contribution in [3.63, 3.8) is 0 Å². The van der Waals surface area contributed by atoms with Gasteiger partial charge in [0.1, 0.15) is 0 Å². The Kier molecular flexibility index (Phi) is 4.75. The van der Waals surface area contributed by atoms with Gasteiger partial charge < -0.3 is 10.5 Å². The second kappa shape index (κ2) is 6.32. The highest BCUT2D eigenvalue weighted by Crippen LogP contribution is 2.27. The van der Waals surface area contributed by atoms with E-state index in [1.165, 1.54) is 11.1 Å². The second-order valence-corrected chi connectivity index (χ2v) is 4.95. The number of ether oxygens (including phenoxy) is 1. The Labute approximate surface area is 110 Å². The number of likely N-dealkylation sites (tertiary alicyclic amines) is 1. The molecule has 0 aromatic heterocycles. The lowest BCUT2D eigenvalue weighted by Gasteiger charge is -2.28. The summed E-state index contributed by atoms with van der Waals surface area (Å²) in [6.07, 6.45) is 2.54. The molecule has 1 aromatic carbocycles. The van der Waals surface area contributed by atoms with E-state index in [2.05, 4.69) is 36.1 Å². The molecular formula is C15H24N2O. The number of rotatable bonds is 5. The fourth-order valence-electron chi connectivity index (χ4n) is 2.88. The Morgan fingerprint density at radius 3 is 2.83 bits per heavy atom. The lowest BCUT2D eigenvalue weighted by Crippen LogP contribution is -2.33. The Morgan fingerprint density at radius 2 is 2.22 bits per heavy atom. The molecule has 1 heterocycles. The molecule has 0 bridgehead atoms. The Hall–Kier alpha value is -0.900. The number of nitrogens with zero attached hydrogens (tertiary/aromatic N) is 1. The van der Waals surface area contributed by atoms with Crippen molar-refractivity contribution in [2.75, 3.05) is 26.7 Å². The van der Waals surface area contributed by atoms with E-state index in [9.17, 15) is 0 Å². The van der Waals surface area contributed by atoms with Crippen LogP contribution >= 0.6 is 0 Å². The van der Waals surface area contributed by atoms with Crippen LogP contribution in [0.25, 0.3) is 0 Å². The Morgan fingerprint density at radius 1 is 1.44 bits per heavy atom. The molecule has 100 valence electrons. The number of hydrogen-bond donors (Lipinski definition) is 1. The minimum atomic E-state index is 0.335. The van der Waals surface area contributed by atoms with Crippen LogP contribution in [0, 0.1) is 0 Å². The lowest BCUT2D eigenvalue weighted by atomic mass is 9.97. The molecule has 1 saturated heterocycles. The van der Waals surface area contributed by atoms with E-state index < -0.39 is 0 Å². The molecule has 2 atom stereocenters. The van der Waals surface area contributed by atoms with Gasteiger partial charge in [-0.15, -0.1) is 0 Å². The van der Waals surface area contributed by atoms with Crippen LogP contribution in [-0.2, 0) is 11.2 Å². The van der Waals surface area contributed by atoms with Gasteiger partial charge in [0.05, 0.1) is 6.10 Å². The maximum atomic E-state index is 6.01. The van der Waals surface area contributed by atoms with Crippen LogP contribution in [0.1, 0.15) is 30.5 Å². The van der Waals surface area contributed by atoms with Crippen molar-refractivity contribution >= 4 is 0 Å². The molecule has 1 aliphatic rings. The molecule has 2 rings (SSSR count). The van der Waals surface area contributed by atoms with Crippen LogP contribution in [0.5, 0.6) is 0 Å². The molecule has 2 unspecified atom stereocenters. The summed E-state index contributed by atoms with van der Waals surface area (Å²) in [5, 5.41) is 0. The molecule has 1 fully saturated rings. The molecular weight excluding hydrogens is 224 g/mol. The lowest BCUT2D eigenvalue weighted by molar-refractivity contribution is 0.101. The van der Waals surface area contributed by atoms with Crippen LogP contribution in [0.3, 0.4) is 0 Å². The van der Waals surface area contributed by atoms with Gasteiger partial charge in [0, 0.05) is 32.8 Å². The fourth-order valence-corrected chi connectivity index (χ4v) is 2.88. The third-order valence-electron chi connectivity index (χ3n) is 3.97. The van der Waals surface area contributed by atoms with Crippen molar-refractivity contribution in [2.45, 2.75) is 31.9 Å². The van der Waals surface area contributed by atoms with E-state index in [0.717, 1.165) is 25.9 Å². The van der Waals surface area contributed by atoms with Gasteiger partial charge in [0.2, 0.25) is 0 Å². The third-order valence-corrected chi connectivity index (χ3v) is 3.97. The summed E-state index contributed by atoms with van der Waals surface area (Å²) < 4.78 is 5.45. The highest BCUT2D eigenvalue weighted by Gasteiger charge is 2.29. The number of hydrogen-bond acceptors (Lipinski definition) is 3. The normalized spacial score (nSPS) is 22.3. The first-order valence-corrected chi connectivity index (χ1v) is 6.84. The zero-order valence-electron chi connectivity index (χ0n) is 11.4. The molecule has 2 N–H and O–H groups in total. The van der Waals surface area contributed by atoms with Gasteiger partial charge in [-0.25, -0.2) is 0 Å². The molecule has 0 saturated carbocycles. The van der Waals surface area contributed by atoms with Crippen LogP contribution in [0.4, 0.5) is 0 Å². The van der Waals surface area contributed by atoms with Crippen molar-refractivity contribution in [3.05, 3.63) is 35.4 Å². The maximum Gasteiger partial charge on any atom is 0.0710 e. The van der Waals surface area contributed by atoms with Gasteiger partial charge in [0.25, 0.3) is 0 Å². The topological polar surface area (TPSA) is 38.5 Å². The van der Waals surface area contributed by atoms with Gasteiger partial charge in [-0.3, -0.25) is 4.90 Å².